The van der Waals surface area contributed by atoms with Gasteiger partial charge in [-0.1, -0.05) is 387 Å². The third-order valence-electron chi connectivity index (χ3n) is 16.8. The number of hydrogen-bond acceptors (Lipinski definition) is 8. The van der Waals surface area contributed by atoms with E-state index in [0.29, 0.717) is 0 Å². The number of rotatable bonds is 66. The Bertz CT molecular complexity index is 1230. The van der Waals surface area contributed by atoms with Crippen LogP contribution in [0.2, 0.25) is 0 Å². The molecule has 0 rings (SSSR count). The predicted molar refractivity (Wildman–Crippen MR) is 344 cm³/mol. The predicted octanol–water partition coefficient (Wildman–Crippen LogP) is 23.3. The summed E-state index contributed by atoms with van der Waals surface area (Å²) in [5.41, 5.74) is 0. The molecule has 0 fully saturated rings. The molecule has 11 heteroatoms. The van der Waals surface area contributed by atoms with E-state index in [0.717, 1.165) is 51.4 Å². The molecule has 0 aromatic rings. The maximum atomic E-state index is 11.0. The molecule has 0 saturated heterocycles. The summed E-state index contributed by atoms with van der Waals surface area (Å²) in [7, 11) is -9.17. The van der Waals surface area contributed by atoms with Gasteiger partial charge in [0, 0.05) is 0 Å². The first-order valence-electron chi connectivity index (χ1n) is 35.2. The largest absolute Gasteiger partial charge is 2.00 e. The second-order valence-electron chi connectivity index (χ2n) is 24.7. The van der Waals surface area contributed by atoms with E-state index in [9.17, 15) is 25.9 Å². The summed E-state index contributed by atoms with van der Waals surface area (Å²) in [5, 5.41) is 0. The van der Waals surface area contributed by atoms with E-state index < -0.39 is 20.8 Å². The fourth-order valence-electron chi connectivity index (χ4n) is 11.5. The van der Waals surface area contributed by atoms with Crippen molar-refractivity contribution in [1.29, 1.82) is 0 Å². The Labute approximate surface area is 526 Å². The molecule has 79 heavy (non-hydrogen) atoms. The fourth-order valence-corrected chi connectivity index (χ4v) is 12.2. The Morgan fingerprint density at radius 3 is 0.456 bits per heavy atom. The van der Waals surface area contributed by atoms with Gasteiger partial charge in [0.1, 0.15) is 0 Å². The minimum absolute atomic E-state index is 0. The van der Waals surface area contributed by atoms with Crippen LogP contribution < -0.4 is 0 Å². The average molecular weight is 1190 g/mol. The van der Waals surface area contributed by atoms with Crippen LogP contribution in [-0.2, 0) is 29.2 Å². The van der Waals surface area contributed by atoms with Crippen LogP contribution in [0.1, 0.15) is 413 Å². The first kappa shape index (κ1) is 84.2. The van der Waals surface area contributed by atoms with Crippen molar-refractivity contribution in [3.63, 3.8) is 0 Å². The fraction of sp³-hybridized carbons (Fsp3) is 1.00. The van der Waals surface area contributed by atoms with Crippen molar-refractivity contribution in [2.45, 2.75) is 413 Å². The van der Waals surface area contributed by atoms with E-state index in [4.69, 9.17) is 0 Å². The van der Waals surface area contributed by atoms with E-state index in [-0.39, 0.29) is 62.8 Å². The molecule has 2 unspecified atom stereocenters. The first-order chi connectivity index (χ1) is 38.0. The molecular weight excluding hydrogens is 1050 g/mol. The molecule has 0 aliphatic carbocycles. The monoisotopic (exact) mass is 1190 g/mol. The van der Waals surface area contributed by atoms with Gasteiger partial charge in [0.15, 0.2) is 0 Å². The smallest absolute Gasteiger partial charge is 0.726 e. The van der Waals surface area contributed by atoms with Crippen LogP contribution >= 0.6 is 0 Å². The molecule has 0 radical (unpaired) electrons. The molecule has 0 aliphatic heterocycles. The van der Waals surface area contributed by atoms with Crippen LogP contribution in [0.15, 0.2) is 0 Å². The van der Waals surface area contributed by atoms with E-state index in [1.165, 1.54) is 334 Å². The van der Waals surface area contributed by atoms with Crippen LogP contribution in [0.4, 0.5) is 0 Å². The van der Waals surface area contributed by atoms with E-state index in [1.807, 2.05) is 0 Å². The van der Waals surface area contributed by atoms with Gasteiger partial charge in [-0.3, -0.25) is 8.37 Å². The van der Waals surface area contributed by atoms with Gasteiger partial charge in [-0.15, -0.1) is 0 Å². The number of hydrogen-bond donors (Lipinski definition) is 0. The van der Waals surface area contributed by atoms with Crippen molar-refractivity contribution in [2.24, 2.45) is 11.8 Å². The van der Waals surface area contributed by atoms with Crippen molar-refractivity contribution < 1.29 is 34.3 Å². The van der Waals surface area contributed by atoms with Gasteiger partial charge < -0.3 is 9.11 Å². The van der Waals surface area contributed by atoms with Gasteiger partial charge >= 0.3 is 37.7 Å². The summed E-state index contributed by atoms with van der Waals surface area (Å²) < 4.78 is 75.0. The van der Waals surface area contributed by atoms with Crippen LogP contribution in [0, 0.1) is 11.8 Å². The molecule has 0 spiro atoms. The standard InChI is InChI=1S/2C34H70O4S.Ca/c2*1-3-5-7-9-11-13-15-17-18-19-20-22-24-26-28-30-32-34(33-38-39(35,36)37)31-29-27-25-23-21-16-14-12-10-8-6-4-2;/h2*34H,3-33H2,1-2H3,(H,35,36,37);/q;;+2/p-2. The van der Waals surface area contributed by atoms with Crippen molar-refractivity contribution in [3.05, 3.63) is 0 Å². The molecule has 0 bridgehead atoms. The van der Waals surface area contributed by atoms with Crippen molar-refractivity contribution in [2.75, 3.05) is 13.2 Å². The second-order valence-corrected chi connectivity index (χ2v) is 26.8. The zero-order valence-corrected chi connectivity index (χ0v) is 57.6. The Morgan fingerprint density at radius 1 is 0.228 bits per heavy atom. The molecule has 0 heterocycles. The summed E-state index contributed by atoms with van der Waals surface area (Å²) in [6.07, 6.45) is 79.0. The summed E-state index contributed by atoms with van der Waals surface area (Å²) in [4.78, 5) is 0. The minimum Gasteiger partial charge on any atom is -0.726 e. The molecule has 8 nitrogen and oxygen atoms in total. The van der Waals surface area contributed by atoms with Crippen LogP contribution in [0.3, 0.4) is 0 Å². The van der Waals surface area contributed by atoms with E-state index in [1.54, 1.807) is 0 Å². The first-order valence-corrected chi connectivity index (χ1v) is 37.9. The summed E-state index contributed by atoms with van der Waals surface area (Å²) >= 11 is 0. The van der Waals surface area contributed by atoms with Gasteiger partial charge in [-0.25, -0.2) is 16.8 Å². The summed E-state index contributed by atoms with van der Waals surface area (Å²) in [5.74, 6) is 0.395. The maximum absolute atomic E-state index is 11.0. The Hall–Kier alpha value is 1.000. The van der Waals surface area contributed by atoms with Crippen molar-refractivity contribution in [1.82, 2.24) is 0 Å². The maximum Gasteiger partial charge on any atom is 2.00 e. The molecular formula is C68H138CaO8S2. The number of unbranched alkanes of at least 4 members (excludes halogenated alkanes) is 52. The molecule has 0 amide bonds. The average Bonchev–Trinajstić information content (AvgIpc) is 3.41. The SMILES string of the molecule is CCCCCCCCCCCCCCCCCCC(CCCCCCCCCCCCCC)COS(=O)(=O)[O-].CCCCCCCCCCCCCCCCCCC(CCCCCCCCCCCCCC)COS(=O)(=O)[O-].[Ca+2]. The van der Waals surface area contributed by atoms with E-state index >= 15 is 0 Å². The van der Waals surface area contributed by atoms with Gasteiger partial charge in [0.05, 0.1) is 13.2 Å². The second kappa shape index (κ2) is 69.8. The third kappa shape index (κ3) is 79.0. The van der Waals surface area contributed by atoms with Crippen LogP contribution in [0.5, 0.6) is 0 Å². The Balaban J connectivity index is -0.00000144. The molecule has 0 aromatic heterocycles. The van der Waals surface area contributed by atoms with Crippen LogP contribution in [0.25, 0.3) is 0 Å². The molecule has 0 aromatic carbocycles. The van der Waals surface area contributed by atoms with Gasteiger partial charge in [0.25, 0.3) is 0 Å². The van der Waals surface area contributed by atoms with E-state index in [2.05, 4.69) is 36.1 Å². The summed E-state index contributed by atoms with van der Waals surface area (Å²) in [6.45, 7) is 9.24. The molecule has 0 N–H and O–H groups in total. The van der Waals surface area contributed by atoms with Gasteiger partial charge in [-0.05, 0) is 37.5 Å². The zero-order valence-electron chi connectivity index (χ0n) is 53.8. The van der Waals surface area contributed by atoms with Gasteiger partial charge in [-0.2, -0.15) is 0 Å². The van der Waals surface area contributed by atoms with Crippen molar-refractivity contribution in [3.8, 4) is 0 Å². The topological polar surface area (TPSA) is 133 Å². The Morgan fingerprint density at radius 2 is 0.342 bits per heavy atom. The normalized spacial score (nSPS) is 12.6. The molecule has 0 aliphatic rings. The molecule has 0 saturated carbocycles. The van der Waals surface area contributed by atoms with Gasteiger partial charge in [0.2, 0.25) is 20.8 Å². The van der Waals surface area contributed by atoms with Crippen LogP contribution in [-0.4, -0.2) is 76.9 Å². The quantitative estimate of drug-likeness (QED) is 0.0254. The minimum atomic E-state index is -4.59. The molecule has 472 valence electrons. The summed E-state index contributed by atoms with van der Waals surface area (Å²) in [6, 6.07) is 0. The zero-order chi connectivity index (χ0) is 57.4. The Kier molecular flexibility index (Phi) is 74.4. The van der Waals surface area contributed by atoms with Crippen molar-refractivity contribution >= 4 is 58.5 Å². The third-order valence-corrected chi connectivity index (χ3v) is 17.6. The molecule has 2 atom stereocenters.